The van der Waals surface area contributed by atoms with Gasteiger partial charge in [-0.15, -0.1) is 0 Å². The van der Waals surface area contributed by atoms with Crippen LogP contribution in [0.5, 0.6) is 0 Å². The summed E-state index contributed by atoms with van der Waals surface area (Å²) in [6.07, 6.45) is 1.11. The third-order valence-electron chi connectivity index (χ3n) is 2.69. The fraction of sp³-hybridized carbons (Fsp3) is 0.700. The van der Waals surface area contributed by atoms with E-state index in [-0.39, 0.29) is 11.7 Å². The Morgan fingerprint density at radius 3 is 3.24 bits per heavy atom. The van der Waals surface area contributed by atoms with Gasteiger partial charge in [-0.25, -0.2) is 0 Å². The molecule has 1 aromatic heterocycles. The highest BCUT2D eigenvalue weighted by Crippen LogP contribution is 2.04. The summed E-state index contributed by atoms with van der Waals surface area (Å²) < 4.78 is 5.05. The number of hydrogen-bond donors (Lipinski definition) is 2. The number of carbonyl (C=O) groups is 1. The van der Waals surface area contributed by atoms with Gasteiger partial charge in [-0.2, -0.15) is 4.98 Å². The van der Waals surface area contributed by atoms with E-state index < -0.39 is 0 Å². The van der Waals surface area contributed by atoms with Gasteiger partial charge in [0.05, 0.1) is 6.54 Å². The van der Waals surface area contributed by atoms with E-state index in [0.717, 1.165) is 32.6 Å². The van der Waals surface area contributed by atoms with Crippen molar-refractivity contribution in [2.45, 2.75) is 13.0 Å². The zero-order valence-corrected chi connectivity index (χ0v) is 9.90. The fourth-order valence-electron chi connectivity index (χ4n) is 1.77. The second kappa shape index (κ2) is 5.74. The monoisotopic (exact) mass is 239 g/mol. The summed E-state index contributed by atoms with van der Waals surface area (Å²) in [5, 5.41) is 9.42. The first-order valence-corrected chi connectivity index (χ1v) is 5.77. The highest BCUT2D eigenvalue weighted by Gasteiger charge is 2.16. The molecular formula is C10H17N5O2. The largest absolute Gasteiger partial charge is 0.352 e. The Bertz CT molecular complexity index is 371. The Balaban J connectivity index is 1.93. The van der Waals surface area contributed by atoms with Gasteiger partial charge in [-0.3, -0.25) is 9.69 Å². The molecule has 1 amide bonds. The average molecular weight is 239 g/mol. The molecule has 1 aliphatic rings. The Hall–Kier alpha value is -1.47. The van der Waals surface area contributed by atoms with Crippen LogP contribution in [0.25, 0.3) is 0 Å². The second-order valence-electron chi connectivity index (χ2n) is 3.97. The number of nitrogens with zero attached hydrogens (tertiary/aromatic N) is 3. The Labute approximate surface area is 99.6 Å². The van der Waals surface area contributed by atoms with E-state index in [1.807, 2.05) is 0 Å². The highest BCUT2D eigenvalue weighted by molar-refractivity contribution is 5.89. The van der Waals surface area contributed by atoms with Gasteiger partial charge in [0.2, 0.25) is 5.89 Å². The lowest BCUT2D eigenvalue weighted by Gasteiger charge is -2.16. The lowest BCUT2D eigenvalue weighted by Crippen LogP contribution is -2.27. The molecule has 2 rings (SSSR count). The van der Waals surface area contributed by atoms with Crippen LogP contribution in [-0.2, 0) is 6.54 Å². The van der Waals surface area contributed by atoms with Crippen LogP contribution in [0.15, 0.2) is 4.52 Å². The van der Waals surface area contributed by atoms with Crippen LogP contribution < -0.4 is 10.6 Å². The Morgan fingerprint density at radius 2 is 2.41 bits per heavy atom. The van der Waals surface area contributed by atoms with Crippen molar-refractivity contribution < 1.29 is 9.32 Å². The van der Waals surface area contributed by atoms with E-state index in [2.05, 4.69) is 25.7 Å². The van der Waals surface area contributed by atoms with Gasteiger partial charge in [0.25, 0.3) is 11.7 Å². The molecule has 0 spiro atoms. The van der Waals surface area contributed by atoms with Crippen molar-refractivity contribution in [1.82, 2.24) is 25.7 Å². The molecule has 1 aromatic rings. The van der Waals surface area contributed by atoms with Crippen LogP contribution in [0.4, 0.5) is 0 Å². The molecule has 0 saturated carbocycles. The molecular weight excluding hydrogens is 222 g/mol. The van der Waals surface area contributed by atoms with Crippen LogP contribution in [0, 0.1) is 0 Å². The van der Waals surface area contributed by atoms with Crippen LogP contribution in [0.3, 0.4) is 0 Å². The van der Waals surface area contributed by atoms with Gasteiger partial charge in [0.1, 0.15) is 0 Å². The summed E-state index contributed by atoms with van der Waals surface area (Å²) in [6.45, 7) is 4.58. The number of amides is 1. The lowest BCUT2D eigenvalue weighted by atomic mass is 10.4. The van der Waals surface area contributed by atoms with Gasteiger partial charge in [-0.1, -0.05) is 5.16 Å². The minimum atomic E-state index is -0.322. The molecule has 1 fully saturated rings. The maximum Gasteiger partial charge on any atom is 0.292 e. The molecule has 2 N–H and O–H groups in total. The number of nitrogens with one attached hydrogen (secondary N) is 2. The predicted octanol–water partition coefficient (Wildman–Crippen LogP) is -0.775. The zero-order valence-electron chi connectivity index (χ0n) is 9.90. The van der Waals surface area contributed by atoms with Gasteiger partial charge >= 0.3 is 0 Å². The third-order valence-corrected chi connectivity index (χ3v) is 2.69. The average Bonchev–Trinajstić information content (AvgIpc) is 2.65. The van der Waals surface area contributed by atoms with Crippen molar-refractivity contribution in [3.63, 3.8) is 0 Å². The summed E-state index contributed by atoms with van der Waals surface area (Å²) >= 11 is 0. The predicted molar refractivity (Wildman–Crippen MR) is 60.5 cm³/mol. The summed E-state index contributed by atoms with van der Waals surface area (Å²) in [5.74, 6) is 0.262. The summed E-state index contributed by atoms with van der Waals surface area (Å²) in [5.41, 5.74) is 0. The van der Waals surface area contributed by atoms with Crippen molar-refractivity contribution in [2.24, 2.45) is 0 Å². The summed E-state index contributed by atoms with van der Waals surface area (Å²) in [4.78, 5) is 17.5. The van der Waals surface area contributed by atoms with Crippen molar-refractivity contribution in [3.05, 3.63) is 11.7 Å². The topological polar surface area (TPSA) is 83.3 Å². The summed E-state index contributed by atoms with van der Waals surface area (Å²) in [6, 6.07) is 0. The minimum absolute atomic E-state index is 0.0930. The SMILES string of the molecule is CNC(=O)c1noc(CN2CCCNCC2)n1. The van der Waals surface area contributed by atoms with Crippen LogP contribution >= 0.6 is 0 Å². The number of aromatic nitrogens is 2. The van der Waals surface area contributed by atoms with E-state index >= 15 is 0 Å². The first kappa shape index (κ1) is 12.0. The molecule has 17 heavy (non-hydrogen) atoms. The van der Waals surface area contributed by atoms with E-state index in [0.29, 0.717) is 12.4 Å². The van der Waals surface area contributed by atoms with E-state index in [9.17, 15) is 4.79 Å². The van der Waals surface area contributed by atoms with Crippen molar-refractivity contribution in [1.29, 1.82) is 0 Å². The zero-order chi connectivity index (χ0) is 12.1. The summed E-state index contributed by atoms with van der Waals surface area (Å²) in [7, 11) is 1.54. The Kier molecular flexibility index (Phi) is 4.05. The normalized spacial score (nSPS) is 17.7. The highest BCUT2D eigenvalue weighted by atomic mass is 16.5. The van der Waals surface area contributed by atoms with Gasteiger partial charge in [0, 0.05) is 20.1 Å². The molecule has 0 atom stereocenters. The molecule has 94 valence electrons. The van der Waals surface area contributed by atoms with Gasteiger partial charge in [0.15, 0.2) is 0 Å². The Morgan fingerprint density at radius 1 is 1.53 bits per heavy atom. The van der Waals surface area contributed by atoms with Crippen molar-refractivity contribution >= 4 is 5.91 Å². The molecule has 7 nitrogen and oxygen atoms in total. The van der Waals surface area contributed by atoms with Crippen molar-refractivity contribution in [2.75, 3.05) is 33.2 Å². The third kappa shape index (κ3) is 3.24. The molecule has 0 aliphatic carbocycles. The van der Waals surface area contributed by atoms with E-state index in [1.165, 1.54) is 0 Å². The quantitative estimate of drug-likeness (QED) is 0.720. The molecule has 7 heteroatoms. The smallest absolute Gasteiger partial charge is 0.292 e. The second-order valence-corrected chi connectivity index (χ2v) is 3.97. The van der Waals surface area contributed by atoms with Crippen LogP contribution in [-0.4, -0.2) is 54.2 Å². The molecule has 0 aromatic carbocycles. The molecule has 0 bridgehead atoms. The standard InChI is InChI=1S/C10H17N5O2/c1-11-10(16)9-13-8(17-14-9)7-15-5-2-3-12-4-6-15/h12H,2-7H2,1H3,(H,11,16). The molecule has 0 unspecified atom stereocenters. The van der Waals surface area contributed by atoms with Gasteiger partial charge < -0.3 is 15.2 Å². The molecule has 0 radical (unpaired) electrons. The van der Waals surface area contributed by atoms with Crippen LogP contribution in [0.2, 0.25) is 0 Å². The minimum Gasteiger partial charge on any atom is -0.352 e. The number of rotatable bonds is 3. The number of carbonyl (C=O) groups excluding carboxylic acids is 1. The molecule has 2 heterocycles. The first-order chi connectivity index (χ1) is 8.29. The lowest BCUT2D eigenvalue weighted by molar-refractivity contribution is 0.0950. The molecule has 1 aliphatic heterocycles. The maximum absolute atomic E-state index is 11.3. The molecule has 1 saturated heterocycles. The fourth-order valence-corrected chi connectivity index (χ4v) is 1.77. The van der Waals surface area contributed by atoms with Crippen LogP contribution in [0.1, 0.15) is 22.9 Å². The van der Waals surface area contributed by atoms with E-state index in [1.54, 1.807) is 7.05 Å². The van der Waals surface area contributed by atoms with Crippen molar-refractivity contribution in [3.8, 4) is 0 Å². The maximum atomic E-state index is 11.3. The first-order valence-electron chi connectivity index (χ1n) is 5.77. The number of hydrogen-bond acceptors (Lipinski definition) is 6. The van der Waals surface area contributed by atoms with Gasteiger partial charge in [-0.05, 0) is 19.5 Å². The van der Waals surface area contributed by atoms with E-state index in [4.69, 9.17) is 4.52 Å².